The Morgan fingerprint density at radius 1 is 1.05 bits per heavy atom. The van der Waals surface area contributed by atoms with E-state index in [4.69, 9.17) is 5.26 Å². The van der Waals surface area contributed by atoms with E-state index in [0.717, 1.165) is 30.5 Å². The molecule has 3 rings (SSSR count). The highest BCUT2D eigenvalue weighted by molar-refractivity contribution is 5.80. The smallest absolute Gasteiger partial charge is 0.251 e. The Labute approximate surface area is 124 Å². The zero-order valence-corrected chi connectivity index (χ0v) is 12.1. The third kappa shape index (κ3) is 2.98. The molecule has 0 unspecified atom stereocenters. The summed E-state index contributed by atoms with van der Waals surface area (Å²) in [7, 11) is 0. The maximum absolute atomic E-state index is 12.2. The highest BCUT2D eigenvalue weighted by atomic mass is 16.1. The van der Waals surface area contributed by atoms with Gasteiger partial charge in [0.25, 0.3) is 5.56 Å². The molecule has 108 valence electrons. The Bertz CT molecular complexity index is 736. The lowest BCUT2D eigenvalue weighted by molar-refractivity contribution is 0.221. The van der Waals surface area contributed by atoms with Crippen LogP contribution in [0, 0.1) is 11.3 Å². The summed E-state index contributed by atoms with van der Waals surface area (Å²) in [4.78, 5) is 14.6. The van der Waals surface area contributed by atoms with Crippen LogP contribution in [0.1, 0.15) is 24.8 Å². The number of nitrogens with zero attached hydrogens (tertiary/aromatic N) is 3. The number of fused-ring (bicyclic) bond motifs is 1. The second-order valence-electron chi connectivity index (χ2n) is 5.61. The molecule has 1 aliphatic rings. The van der Waals surface area contributed by atoms with E-state index in [1.165, 1.54) is 19.3 Å². The van der Waals surface area contributed by atoms with Crippen molar-refractivity contribution >= 4 is 10.9 Å². The van der Waals surface area contributed by atoms with Crippen LogP contribution in [-0.4, -0.2) is 29.1 Å². The van der Waals surface area contributed by atoms with Crippen molar-refractivity contribution in [3.05, 3.63) is 46.2 Å². The molecule has 4 heteroatoms. The van der Waals surface area contributed by atoms with Gasteiger partial charge >= 0.3 is 0 Å². The van der Waals surface area contributed by atoms with E-state index >= 15 is 0 Å². The fraction of sp³-hybridized carbons (Fsp3) is 0.412. The van der Waals surface area contributed by atoms with Crippen molar-refractivity contribution in [3.8, 4) is 6.07 Å². The standard InChI is InChI=1S/C17H19N3O/c18-13-14-4-5-15-6-7-17(21)20(16(15)12-14)11-10-19-8-2-1-3-9-19/h4-7,12H,1-3,8-11H2. The van der Waals surface area contributed by atoms with Gasteiger partial charge in [0, 0.05) is 19.2 Å². The molecule has 0 saturated carbocycles. The minimum atomic E-state index is 0.00889. The van der Waals surface area contributed by atoms with Gasteiger partial charge in [-0.25, -0.2) is 0 Å². The number of piperidine rings is 1. The molecule has 1 aromatic carbocycles. The van der Waals surface area contributed by atoms with Crippen molar-refractivity contribution in [1.82, 2.24) is 9.47 Å². The molecule has 0 spiro atoms. The Morgan fingerprint density at radius 3 is 2.57 bits per heavy atom. The first-order valence-corrected chi connectivity index (χ1v) is 7.54. The molecule has 0 aliphatic carbocycles. The van der Waals surface area contributed by atoms with Crippen LogP contribution in [0.25, 0.3) is 10.9 Å². The minimum Gasteiger partial charge on any atom is -0.307 e. The molecular formula is C17H19N3O. The van der Waals surface area contributed by atoms with Gasteiger partial charge in [-0.1, -0.05) is 12.5 Å². The van der Waals surface area contributed by atoms with Gasteiger partial charge in [-0.05, 0) is 49.5 Å². The molecule has 4 nitrogen and oxygen atoms in total. The van der Waals surface area contributed by atoms with E-state index in [1.807, 2.05) is 18.2 Å². The molecule has 2 aromatic rings. The van der Waals surface area contributed by atoms with Crippen molar-refractivity contribution in [2.24, 2.45) is 0 Å². The van der Waals surface area contributed by atoms with Crippen LogP contribution >= 0.6 is 0 Å². The average Bonchev–Trinajstić information content (AvgIpc) is 2.54. The number of pyridine rings is 1. The highest BCUT2D eigenvalue weighted by Gasteiger charge is 2.11. The van der Waals surface area contributed by atoms with E-state index in [-0.39, 0.29) is 5.56 Å². The molecule has 0 radical (unpaired) electrons. The quantitative estimate of drug-likeness (QED) is 0.867. The highest BCUT2D eigenvalue weighted by Crippen LogP contribution is 2.15. The van der Waals surface area contributed by atoms with Crippen molar-refractivity contribution in [2.45, 2.75) is 25.8 Å². The number of benzene rings is 1. The first-order chi connectivity index (χ1) is 10.3. The Kier molecular flexibility index (Phi) is 4.03. The van der Waals surface area contributed by atoms with Crippen molar-refractivity contribution < 1.29 is 0 Å². The van der Waals surface area contributed by atoms with Gasteiger partial charge in [-0.3, -0.25) is 4.79 Å². The van der Waals surface area contributed by atoms with E-state index in [0.29, 0.717) is 12.1 Å². The number of likely N-dealkylation sites (tertiary alicyclic amines) is 1. The first-order valence-electron chi connectivity index (χ1n) is 7.54. The van der Waals surface area contributed by atoms with Gasteiger partial charge in [0.1, 0.15) is 0 Å². The molecule has 2 heterocycles. The van der Waals surface area contributed by atoms with Crippen LogP contribution in [0.4, 0.5) is 0 Å². The molecule has 1 aromatic heterocycles. The lowest BCUT2D eigenvalue weighted by Gasteiger charge is -2.26. The monoisotopic (exact) mass is 281 g/mol. The predicted molar refractivity (Wildman–Crippen MR) is 83.2 cm³/mol. The topological polar surface area (TPSA) is 49.0 Å². The summed E-state index contributed by atoms with van der Waals surface area (Å²) < 4.78 is 1.80. The lowest BCUT2D eigenvalue weighted by Crippen LogP contribution is -2.34. The van der Waals surface area contributed by atoms with Gasteiger partial charge in [0.2, 0.25) is 0 Å². The van der Waals surface area contributed by atoms with Crippen LogP contribution in [-0.2, 0) is 6.54 Å². The van der Waals surface area contributed by atoms with Crippen LogP contribution in [0.5, 0.6) is 0 Å². The van der Waals surface area contributed by atoms with E-state index in [1.54, 1.807) is 16.7 Å². The Morgan fingerprint density at radius 2 is 1.81 bits per heavy atom. The number of aromatic nitrogens is 1. The number of rotatable bonds is 3. The molecular weight excluding hydrogens is 262 g/mol. The fourth-order valence-corrected chi connectivity index (χ4v) is 3.01. The van der Waals surface area contributed by atoms with E-state index < -0.39 is 0 Å². The molecule has 0 atom stereocenters. The molecule has 1 saturated heterocycles. The molecule has 1 fully saturated rings. The minimum absolute atomic E-state index is 0.00889. The van der Waals surface area contributed by atoms with E-state index in [2.05, 4.69) is 11.0 Å². The van der Waals surface area contributed by atoms with Gasteiger partial charge < -0.3 is 9.47 Å². The fourth-order valence-electron chi connectivity index (χ4n) is 3.01. The zero-order valence-electron chi connectivity index (χ0n) is 12.1. The van der Waals surface area contributed by atoms with Crippen molar-refractivity contribution in [2.75, 3.05) is 19.6 Å². The summed E-state index contributed by atoms with van der Waals surface area (Å²) in [6, 6.07) is 11.1. The zero-order chi connectivity index (χ0) is 14.7. The van der Waals surface area contributed by atoms with Crippen LogP contribution in [0.3, 0.4) is 0 Å². The molecule has 0 bridgehead atoms. The third-order valence-electron chi connectivity index (χ3n) is 4.21. The number of hydrogen-bond acceptors (Lipinski definition) is 3. The first kappa shape index (κ1) is 13.8. The summed E-state index contributed by atoms with van der Waals surface area (Å²) in [6.45, 7) is 3.84. The number of nitriles is 1. The Balaban J connectivity index is 1.90. The number of hydrogen-bond donors (Lipinski definition) is 0. The molecule has 21 heavy (non-hydrogen) atoms. The van der Waals surface area contributed by atoms with Gasteiger partial charge in [-0.2, -0.15) is 5.26 Å². The average molecular weight is 281 g/mol. The molecule has 0 N–H and O–H groups in total. The molecule has 0 amide bonds. The third-order valence-corrected chi connectivity index (χ3v) is 4.21. The normalized spacial score (nSPS) is 16.0. The maximum Gasteiger partial charge on any atom is 0.251 e. The van der Waals surface area contributed by atoms with Crippen LogP contribution < -0.4 is 5.56 Å². The second kappa shape index (κ2) is 6.11. The van der Waals surface area contributed by atoms with Gasteiger partial charge in [0.05, 0.1) is 17.1 Å². The van der Waals surface area contributed by atoms with Gasteiger partial charge in [-0.15, -0.1) is 0 Å². The predicted octanol–water partition coefficient (Wildman–Crippen LogP) is 2.36. The summed E-state index contributed by atoms with van der Waals surface area (Å²) in [6.07, 6.45) is 3.82. The van der Waals surface area contributed by atoms with Crippen molar-refractivity contribution in [3.63, 3.8) is 0 Å². The summed E-state index contributed by atoms with van der Waals surface area (Å²) >= 11 is 0. The van der Waals surface area contributed by atoms with Crippen molar-refractivity contribution in [1.29, 1.82) is 5.26 Å². The van der Waals surface area contributed by atoms with E-state index in [9.17, 15) is 4.79 Å². The van der Waals surface area contributed by atoms with Crippen LogP contribution in [0.15, 0.2) is 35.1 Å². The molecule has 1 aliphatic heterocycles. The summed E-state index contributed by atoms with van der Waals surface area (Å²) in [5.74, 6) is 0. The Hall–Kier alpha value is -2.12. The second-order valence-corrected chi connectivity index (χ2v) is 5.61. The van der Waals surface area contributed by atoms with Gasteiger partial charge in [0.15, 0.2) is 0 Å². The lowest BCUT2D eigenvalue weighted by atomic mass is 10.1. The summed E-state index contributed by atoms with van der Waals surface area (Å²) in [5.41, 5.74) is 1.47. The SMILES string of the molecule is N#Cc1ccc2ccc(=O)n(CCN3CCCCC3)c2c1. The van der Waals surface area contributed by atoms with Crippen LogP contribution in [0.2, 0.25) is 0 Å². The largest absolute Gasteiger partial charge is 0.307 e. The summed E-state index contributed by atoms with van der Waals surface area (Å²) in [5, 5.41) is 10.1. The maximum atomic E-state index is 12.2.